The SMILES string of the molecule is CC(C)(O)CSc1nnc(Cc2ccccc2F)o1. The Bertz CT molecular complexity index is 552. The third kappa shape index (κ3) is 4.33. The van der Waals surface area contributed by atoms with E-state index in [1.807, 2.05) is 0 Å². The zero-order valence-electron chi connectivity index (χ0n) is 10.8. The summed E-state index contributed by atoms with van der Waals surface area (Å²) in [7, 11) is 0. The molecule has 0 saturated carbocycles. The van der Waals surface area contributed by atoms with Crippen molar-refractivity contribution in [1.82, 2.24) is 10.2 Å². The van der Waals surface area contributed by atoms with Gasteiger partial charge in [0.1, 0.15) is 5.82 Å². The molecule has 0 aliphatic carbocycles. The van der Waals surface area contributed by atoms with Gasteiger partial charge in [0, 0.05) is 5.75 Å². The smallest absolute Gasteiger partial charge is 0.276 e. The molecule has 0 aliphatic rings. The topological polar surface area (TPSA) is 59.2 Å². The van der Waals surface area contributed by atoms with E-state index >= 15 is 0 Å². The minimum Gasteiger partial charge on any atom is -0.416 e. The van der Waals surface area contributed by atoms with E-state index in [4.69, 9.17) is 4.42 Å². The van der Waals surface area contributed by atoms with Crippen molar-refractivity contribution < 1.29 is 13.9 Å². The Morgan fingerprint density at radius 3 is 2.74 bits per heavy atom. The molecule has 0 amide bonds. The van der Waals surface area contributed by atoms with Crippen molar-refractivity contribution in [3.63, 3.8) is 0 Å². The number of halogens is 1. The van der Waals surface area contributed by atoms with E-state index in [-0.39, 0.29) is 12.2 Å². The van der Waals surface area contributed by atoms with Crippen molar-refractivity contribution >= 4 is 11.8 Å². The fraction of sp³-hybridized carbons (Fsp3) is 0.385. The average Bonchev–Trinajstić information content (AvgIpc) is 2.77. The van der Waals surface area contributed by atoms with Gasteiger partial charge in [-0.1, -0.05) is 30.0 Å². The summed E-state index contributed by atoms with van der Waals surface area (Å²) in [4.78, 5) is 0. The van der Waals surface area contributed by atoms with Gasteiger partial charge in [0.05, 0.1) is 12.0 Å². The molecule has 0 spiro atoms. The molecule has 102 valence electrons. The second kappa shape index (κ2) is 5.71. The second-order valence-electron chi connectivity index (χ2n) is 4.83. The minimum atomic E-state index is -0.801. The summed E-state index contributed by atoms with van der Waals surface area (Å²) in [5.41, 5.74) is -0.282. The highest BCUT2D eigenvalue weighted by molar-refractivity contribution is 7.99. The van der Waals surface area contributed by atoms with E-state index in [2.05, 4.69) is 10.2 Å². The number of hydrogen-bond acceptors (Lipinski definition) is 5. The van der Waals surface area contributed by atoms with Crippen LogP contribution in [0.15, 0.2) is 33.9 Å². The van der Waals surface area contributed by atoms with E-state index in [0.29, 0.717) is 22.4 Å². The van der Waals surface area contributed by atoms with E-state index in [0.717, 1.165) is 0 Å². The summed E-state index contributed by atoms with van der Waals surface area (Å²) in [5, 5.41) is 17.7. The highest BCUT2D eigenvalue weighted by Gasteiger charge is 2.16. The number of aromatic nitrogens is 2. The van der Waals surface area contributed by atoms with Crippen molar-refractivity contribution in [1.29, 1.82) is 0 Å². The number of rotatable bonds is 5. The first-order valence-electron chi connectivity index (χ1n) is 5.85. The Labute approximate surface area is 115 Å². The van der Waals surface area contributed by atoms with E-state index in [1.165, 1.54) is 17.8 Å². The Balaban J connectivity index is 2.00. The minimum absolute atomic E-state index is 0.267. The zero-order chi connectivity index (χ0) is 13.9. The van der Waals surface area contributed by atoms with Crippen LogP contribution in [0.5, 0.6) is 0 Å². The van der Waals surface area contributed by atoms with Crippen molar-refractivity contribution in [3.8, 4) is 0 Å². The van der Waals surface area contributed by atoms with Crippen LogP contribution in [0, 0.1) is 5.82 Å². The zero-order valence-corrected chi connectivity index (χ0v) is 11.6. The van der Waals surface area contributed by atoms with Gasteiger partial charge in [-0.05, 0) is 25.5 Å². The van der Waals surface area contributed by atoms with Crippen LogP contribution in [0.3, 0.4) is 0 Å². The van der Waals surface area contributed by atoms with E-state index < -0.39 is 5.60 Å². The number of thioether (sulfide) groups is 1. The number of aliphatic hydroxyl groups is 1. The van der Waals surface area contributed by atoms with Crippen LogP contribution < -0.4 is 0 Å². The quantitative estimate of drug-likeness (QED) is 0.854. The molecule has 1 heterocycles. The van der Waals surface area contributed by atoms with Crippen molar-refractivity contribution in [3.05, 3.63) is 41.5 Å². The van der Waals surface area contributed by atoms with Gasteiger partial charge in [-0.25, -0.2) is 4.39 Å². The van der Waals surface area contributed by atoms with Crippen molar-refractivity contribution in [2.45, 2.75) is 31.1 Å². The number of hydrogen-bond donors (Lipinski definition) is 1. The van der Waals surface area contributed by atoms with Gasteiger partial charge in [0.15, 0.2) is 0 Å². The Kier molecular flexibility index (Phi) is 4.21. The van der Waals surface area contributed by atoms with Gasteiger partial charge in [0.2, 0.25) is 5.89 Å². The second-order valence-corrected chi connectivity index (χ2v) is 5.76. The summed E-state index contributed by atoms with van der Waals surface area (Å²) in [5.74, 6) is 0.531. The lowest BCUT2D eigenvalue weighted by Crippen LogP contribution is -2.21. The maximum absolute atomic E-state index is 13.5. The standard InChI is InChI=1S/C13H15FN2O2S/c1-13(2,17)8-19-12-16-15-11(18-12)7-9-5-3-4-6-10(9)14/h3-6,17H,7-8H2,1-2H3. The Morgan fingerprint density at radius 2 is 2.05 bits per heavy atom. The molecule has 0 atom stereocenters. The molecule has 6 heteroatoms. The van der Waals surface area contributed by atoms with Crippen LogP contribution in [0.1, 0.15) is 25.3 Å². The Hall–Kier alpha value is -1.40. The van der Waals surface area contributed by atoms with Crippen LogP contribution >= 0.6 is 11.8 Å². The molecular weight excluding hydrogens is 267 g/mol. The predicted octanol–water partition coefficient (Wildman–Crippen LogP) is 2.66. The van der Waals surface area contributed by atoms with Gasteiger partial charge in [-0.2, -0.15) is 0 Å². The number of nitrogens with zero attached hydrogens (tertiary/aromatic N) is 2. The molecule has 2 aromatic rings. The maximum Gasteiger partial charge on any atom is 0.276 e. The summed E-state index contributed by atoms with van der Waals surface area (Å²) in [6.45, 7) is 3.41. The molecule has 0 saturated heterocycles. The van der Waals surface area contributed by atoms with Gasteiger partial charge in [0.25, 0.3) is 5.22 Å². The fourth-order valence-corrected chi connectivity index (χ4v) is 2.14. The lowest BCUT2D eigenvalue weighted by atomic mass is 10.1. The molecule has 0 fully saturated rings. The van der Waals surface area contributed by atoms with Crippen LogP contribution in [-0.2, 0) is 6.42 Å². The van der Waals surface area contributed by atoms with Crippen molar-refractivity contribution in [2.75, 3.05) is 5.75 Å². The molecule has 0 unspecified atom stereocenters. The first-order chi connectivity index (χ1) is 8.94. The van der Waals surface area contributed by atoms with Gasteiger partial charge < -0.3 is 9.52 Å². The highest BCUT2D eigenvalue weighted by Crippen LogP contribution is 2.22. The highest BCUT2D eigenvalue weighted by atomic mass is 32.2. The molecule has 1 aromatic carbocycles. The first-order valence-corrected chi connectivity index (χ1v) is 6.83. The van der Waals surface area contributed by atoms with Gasteiger partial charge in [-0.15, -0.1) is 10.2 Å². The summed E-state index contributed by atoms with van der Waals surface area (Å²) in [6.07, 6.45) is 0.267. The van der Waals surface area contributed by atoms with Crippen LogP contribution in [0.2, 0.25) is 0 Å². The predicted molar refractivity (Wildman–Crippen MR) is 70.5 cm³/mol. The summed E-state index contributed by atoms with van der Waals surface area (Å²) < 4.78 is 18.9. The molecule has 1 aromatic heterocycles. The first kappa shape index (κ1) is 14.0. The molecule has 4 nitrogen and oxygen atoms in total. The fourth-order valence-electron chi connectivity index (χ4n) is 1.41. The lowest BCUT2D eigenvalue weighted by Gasteiger charge is -2.13. The monoisotopic (exact) mass is 282 g/mol. The van der Waals surface area contributed by atoms with E-state index in [1.54, 1.807) is 32.0 Å². The van der Waals surface area contributed by atoms with Crippen LogP contribution in [0.25, 0.3) is 0 Å². The molecule has 0 aliphatic heterocycles. The molecular formula is C13H15FN2O2S. The summed E-state index contributed by atoms with van der Waals surface area (Å²) >= 11 is 1.28. The van der Waals surface area contributed by atoms with Crippen LogP contribution in [0.4, 0.5) is 4.39 Å². The average molecular weight is 282 g/mol. The van der Waals surface area contributed by atoms with Gasteiger partial charge in [-0.3, -0.25) is 0 Å². The summed E-state index contributed by atoms with van der Waals surface area (Å²) in [6, 6.07) is 6.48. The van der Waals surface area contributed by atoms with Crippen LogP contribution in [-0.4, -0.2) is 26.7 Å². The number of benzene rings is 1. The molecule has 0 bridgehead atoms. The normalized spacial score (nSPS) is 11.8. The Morgan fingerprint density at radius 1 is 1.32 bits per heavy atom. The third-order valence-corrected chi connectivity index (χ3v) is 3.56. The lowest BCUT2D eigenvalue weighted by molar-refractivity contribution is 0.106. The molecule has 0 radical (unpaired) electrons. The largest absolute Gasteiger partial charge is 0.416 e. The third-order valence-electron chi connectivity index (χ3n) is 2.30. The molecule has 2 rings (SSSR count). The maximum atomic E-state index is 13.5. The molecule has 1 N–H and O–H groups in total. The molecule has 19 heavy (non-hydrogen) atoms. The van der Waals surface area contributed by atoms with Gasteiger partial charge >= 0.3 is 0 Å². The van der Waals surface area contributed by atoms with Crippen molar-refractivity contribution in [2.24, 2.45) is 0 Å². The van der Waals surface area contributed by atoms with E-state index in [9.17, 15) is 9.50 Å².